The molecule has 37 heavy (non-hydrogen) atoms. The molecule has 0 spiro atoms. The molecular formula is C32H37N3O2. The van der Waals surface area contributed by atoms with Crippen molar-refractivity contribution in [1.29, 1.82) is 0 Å². The number of benzene rings is 2. The van der Waals surface area contributed by atoms with Crippen molar-refractivity contribution in [3.8, 4) is 11.3 Å². The van der Waals surface area contributed by atoms with Crippen molar-refractivity contribution in [3.63, 3.8) is 0 Å². The molecular weight excluding hydrogens is 458 g/mol. The molecule has 5 heteroatoms. The molecule has 1 heterocycles. The second kappa shape index (κ2) is 9.04. The largest absolute Gasteiger partial charge is 0.355 e. The molecule has 5 saturated carbocycles. The Morgan fingerprint density at radius 3 is 2.08 bits per heavy atom. The quantitative estimate of drug-likeness (QED) is 0.343. The number of nitrogens with one attached hydrogen (secondary N) is 3. The Morgan fingerprint density at radius 1 is 0.757 bits per heavy atom. The van der Waals surface area contributed by atoms with Gasteiger partial charge in [-0.1, -0.05) is 31.4 Å². The van der Waals surface area contributed by atoms with Gasteiger partial charge in [0, 0.05) is 33.9 Å². The summed E-state index contributed by atoms with van der Waals surface area (Å²) in [7, 11) is 0. The Bertz CT molecular complexity index is 1300. The number of anilines is 2. The molecule has 0 saturated heterocycles. The second-order valence-corrected chi connectivity index (χ2v) is 12.5. The van der Waals surface area contributed by atoms with Gasteiger partial charge in [0.15, 0.2) is 0 Å². The number of carbonyl (C=O) groups is 2. The molecule has 192 valence electrons. The predicted octanol–water partition coefficient (Wildman–Crippen LogP) is 7.51. The van der Waals surface area contributed by atoms with Gasteiger partial charge in [0.2, 0.25) is 11.8 Å². The van der Waals surface area contributed by atoms with Crippen LogP contribution in [0.15, 0.2) is 48.5 Å². The van der Waals surface area contributed by atoms with E-state index in [0.717, 1.165) is 96.2 Å². The smallest absolute Gasteiger partial charge is 0.230 e. The van der Waals surface area contributed by atoms with Crippen molar-refractivity contribution >= 4 is 34.1 Å². The number of hydrogen-bond donors (Lipinski definition) is 3. The van der Waals surface area contributed by atoms with Crippen LogP contribution in [0.1, 0.15) is 70.6 Å². The highest BCUT2D eigenvalue weighted by atomic mass is 16.2. The van der Waals surface area contributed by atoms with E-state index in [1.54, 1.807) is 0 Å². The van der Waals surface area contributed by atoms with Crippen LogP contribution in [0.25, 0.3) is 22.2 Å². The van der Waals surface area contributed by atoms with Gasteiger partial charge >= 0.3 is 0 Å². The highest BCUT2D eigenvalue weighted by molar-refractivity contribution is 5.97. The summed E-state index contributed by atoms with van der Waals surface area (Å²) in [4.78, 5) is 29.6. The Kier molecular flexibility index (Phi) is 5.63. The van der Waals surface area contributed by atoms with Crippen LogP contribution >= 0.6 is 0 Å². The molecule has 4 bridgehead atoms. The molecule has 5 aliphatic rings. The number of amides is 2. The normalized spacial score (nSPS) is 28.9. The third-order valence-corrected chi connectivity index (χ3v) is 9.84. The molecule has 0 unspecified atom stereocenters. The van der Waals surface area contributed by atoms with Gasteiger partial charge in [0.25, 0.3) is 0 Å². The average Bonchev–Trinajstić information content (AvgIpc) is 3.32. The minimum atomic E-state index is -0.130. The summed E-state index contributed by atoms with van der Waals surface area (Å²) < 4.78 is 0. The van der Waals surface area contributed by atoms with Crippen LogP contribution in [0.5, 0.6) is 0 Å². The third-order valence-electron chi connectivity index (χ3n) is 9.84. The van der Waals surface area contributed by atoms with Crippen LogP contribution in [0.4, 0.5) is 11.4 Å². The Hall–Kier alpha value is -3.08. The standard InChI is InChI=1S/C32H37N3O2/c36-30(24-4-2-1-3-5-24)33-27-10-11-28-25(15-27)16-29(35-28)23-6-8-26(9-7-23)34-31(37)32-17-20-12-21(18-32)14-22(13-20)19-32/h6-11,15-16,20-22,24,35H,1-5,12-14,17-19H2,(H,33,36)(H,34,37). The summed E-state index contributed by atoms with van der Waals surface area (Å²) in [5, 5.41) is 7.48. The monoisotopic (exact) mass is 495 g/mol. The highest BCUT2D eigenvalue weighted by Crippen LogP contribution is 2.60. The average molecular weight is 496 g/mol. The molecule has 5 nitrogen and oxygen atoms in total. The van der Waals surface area contributed by atoms with E-state index in [4.69, 9.17) is 0 Å². The Balaban J connectivity index is 1.04. The molecule has 3 N–H and O–H groups in total. The van der Waals surface area contributed by atoms with Gasteiger partial charge in [-0.05, 0) is 111 Å². The van der Waals surface area contributed by atoms with E-state index >= 15 is 0 Å². The molecule has 0 radical (unpaired) electrons. The number of aromatic amines is 1. The van der Waals surface area contributed by atoms with Crippen molar-refractivity contribution in [2.75, 3.05) is 10.6 Å². The maximum Gasteiger partial charge on any atom is 0.230 e. The van der Waals surface area contributed by atoms with Crippen molar-refractivity contribution in [2.45, 2.75) is 70.6 Å². The fourth-order valence-corrected chi connectivity index (χ4v) is 8.36. The van der Waals surface area contributed by atoms with Crippen molar-refractivity contribution in [2.24, 2.45) is 29.1 Å². The molecule has 5 aliphatic carbocycles. The van der Waals surface area contributed by atoms with Gasteiger partial charge in [-0.25, -0.2) is 0 Å². The first-order valence-electron chi connectivity index (χ1n) is 14.4. The maximum atomic E-state index is 13.4. The van der Waals surface area contributed by atoms with Crippen molar-refractivity contribution < 1.29 is 9.59 Å². The van der Waals surface area contributed by atoms with Gasteiger partial charge in [0.1, 0.15) is 0 Å². The number of aromatic nitrogens is 1. The third kappa shape index (κ3) is 4.36. The number of H-pyrrole nitrogens is 1. The maximum absolute atomic E-state index is 13.4. The van der Waals surface area contributed by atoms with E-state index in [9.17, 15) is 9.59 Å². The van der Waals surface area contributed by atoms with Gasteiger partial charge in [-0.3, -0.25) is 9.59 Å². The van der Waals surface area contributed by atoms with Gasteiger partial charge in [0.05, 0.1) is 5.41 Å². The van der Waals surface area contributed by atoms with Crippen molar-refractivity contribution in [1.82, 2.24) is 4.98 Å². The number of carbonyl (C=O) groups excluding carboxylic acids is 2. The van der Waals surface area contributed by atoms with E-state index in [1.807, 2.05) is 24.3 Å². The second-order valence-electron chi connectivity index (χ2n) is 12.5. The molecule has 0 atom stereocenters. The van der Waals surface area contributed by atoms with Gasteiger partial charge < -0.3 is 15.6 Å². The SMILES string of the molecule is O=C(Nc1ccc2[nH]c(-c3ccc(NC(=O)C45CC6CC(CC(C6)C4)C5)cc3)cc2c1)C1CCCCC1. The van der Waals surface area contributed by atoms with E-state index in [-0.39, 0.29) is 23.1 Å². The Morgan fingerprint density at radius 2 is 1.41 bits per heavy atom. The molecule has 2 amide bonds. The van der Waals surface area contributed by atoms with Crippen LogP contribution in [-0.2, 0) is 9.59 Å². The van der Waals surface area contributed by atoms with Crippen LogP contribution in [-0.4, -0.2) is 16.8 Å². The Labute approximate surface area is 218 Å². The fraction of sp³-hybridized carbons (Fsp3) is 0.500. The lowest BCUT2D eigenvalue weighted by Crippen LogP contribution is -2.51. The number of fused-ring (bicyclic) bond motifs is 1. The molecule has 8 rings (SSSR count). The minimum Gasteiger partial charge on any atom is -0.355 e. The lowest BCUT2D eigenvalue weighted by atomic mass is 9.49. The van der Waals surface area contributed by atoms with Gasteiger partial charge in [-0.2, -0.15) is 0 Å². The summed E-state index contributed by atoms with van der Waals surface area (Å²) in [6.07, 6.45) is 12.9. The van der Waals surface area contributed by atoms with E-state index in [2.05, 4.69) is 39.9 Å². The molecule has 2 aromatic carbocycles. The summed E-state index contributed by atoms with van der Waals surface area (Å²) in [5.41, 5.74) is 4.77. The lowest BCUT2D eigenvalue weighted by Gasteiger charge is -2.55. The van der Waals surface area contributed by atoms with E-state index in [0.29, 0.717) is 0 Å². The predicted molar refractivity (Wildman–Crippen MR) is 148 cm³/mol. The summed E-state index contributed by atoms with van der Waals surface area (Å²) >= 11 is 0. The first kappa shape index (κ1) is 23.1. The van der Waals surface area contributed by atoms with Crippen LogP contribution in [0.3, 0.4) is 0 Å². The van der Waals surface area contributed by atoms with Crippen molar-refractivity contribution in [3.05, 3.63) is 48.5 Å². The number of rotatable bonds is 5. The number of hydrogen-bond acceptors (Lipinski definition) is 2. The highest BCUT2D eigenvalue weighted by Gasteiger charge is 2.54. The molecule has 5 fully saturated rings. The summed E-state index contributed by atoms with van der Waals surface area (Å²) in [6, 6.07) is 16.4. The lowest BCUT2D eigenvalue weighted by molar-refractivity contribution is -0.140. The first-order valence-corrected chi connectivity index (χ1v) is 14.4. The zero-order valence-electron chi connectivity index (χ0n) is 21.5. The molecule has 0 aliphatic heterocycles. The summed E-state index contributed by atoms with van der Waals surface area (Å²) in [6.45, 7) is 0. The zero-order valence-corrected chi connectivity index (χ0v) is 21.5. The summed E-state index contributed by atoms with van der Waals surface area (Å²) in [5.74, 6) is 2.84. The fourth-order valence-electron chi connectivity index (χ4n) is 8.36. The molecule has 3 aromatic rings. The first-order chi connectivity index (χ1) is 18.0. The van der Waals surface area contributed by atoms with E-state index < -0.39 is 0 Å². The van der Waals surface area contributed by atoms with Gasteiger partial charge in [-0.15, -0.1) is 0 Å². The van der Waals surface area contributed by atoms with E-state index in [1.165, 1.54) is 25.7 Å². The molecule has 1 aromatic heterocycles. The van der Waals surface area contributed by atoms with Crippen LogP contribution < -0.4 is 10.6 Å². The minimum absolute atomic E-state index is 0.130. The zero-order chi connectivity index (χ0) is 25.0. The van der Waals surface area contributed by atoms with Crippen LogP contribution in [0, 0.1) is 29.1 Å². The van der Waals surface area contributed by atoms with Crippen LogP contribution in [0.2, 0.25) is 0 Å². The topological polar surface area (TPSA) is 74.0 Å².